The Labute approximate surface area is 141 Å². The lowest BCUT2D eigenvalue weighted by Gasteiger charge is -2.08. The van der Waals surface area contributed by atoms with Crippen molar-refractivity contribution in [2.75, 3.05) is 14.2 Å². The van der Waals surface area contributed by atoms with Crippen molar-refractivity contribution >= 4 is 28.4 Å². The molecule has 24 heavy (non-hydrogen) atoms. The van der Waals surface area contributed by atoms with Gasteiger partial charge in [0, 0.05) is 28.2 Å². The minimum atomic E-state index is -0.584. The molecule has 1 aromatic heterocycles. The fourth-order valence-corrected chi connectivity index (χ4v) is 2.73. The van der Waals surface area contributed by atoms with Gasteiger partial charge in [0.05, 0.1) is 19.8 Å². The molecule has 0 bridgehead atoms. The molecular formula is C19H23NO4. The Hall–Kier alpha value is -2.56. The number of carbonyl (C=O) groups is 2. The van der Waals surface area contributed by atoms with E-state index in [4.69, 9.17) is 9.47 Å². The summed E-state index contributed by atoms with van der Waals surface area (Å²) in [4.78, 5) is 27.4. The van der Waals surface area contributed by atoms with E-state index < -0.39 is 11.9 Å². The zero-order valence-electron chi connectivity index (χ0n) is 14.6. The number of aryl methyl sites for hydroxylation is 2. The average Bonchev–Trinajstić information content (AvgIpc) is 2.94. The predicted molar refractivity (Wildman–Crippen MR) is 93.7 cm³/mol. The molecule has 5 heteroatoms. The predicted octanol–water partition coefficient (Wildman–Crippen LogP) is 3.55. The van der Waals surface area contributed by atoms with Crippen molar-refractivity contribution in [3.05, 3.63) is 41.1 Å². The number of hydrogen-bond acceptors (Lipinski definition) is 4. The Kier molecular flexibility index (Phi) is 5.79. The van der Waals surface area contributed by atoms with Crippen LogP contribution < -0.4 is 0 Å². The molecule has 0 aliphatic rings. The van der Waals surface area contributed by atoms with Crippen LogP contribution in [0.25, 0.3) is 16.5 Å². The SMILES string of the molecule is CCCCc1[nH]c2ccc(C)cc2c1/C(=C/C(=O)OC)C(=O)OC. The summed E-state index contributed by atoms with van der Waals surface area (Å²) in [6.07, 6.45) is 3.99. The monoisotopic (exact) mass is 329 g/mol. The minimum Gasteiger partial charge on any atom is -0.466 e. The zero-order valence-corrected chi connectivity index (χ0v) is 14.6. The highest BCUT2D eigenvalue weighted by molar-refractivity contribution is 6.24. The van der Waals surface area contributed by atoms with Crippen LogP contribution in [0.3, 0.4) is 0 Å². The van der Waals surface area contributed by atoms with E-state index in [9.17, 15) is 9.59 Å². The minimum absolute atomic E-state index is 0.215. The third-order valence-corrected chi connectivity index (χ3v) is 3.95. The molecular weight excluding hydrogens is 306 g/mol. The lowest BCUT2D eigenvalue weighted by molar-refractivity contribution is -0.136. The van der Waals surface area contributed by atoms with Crippen LogP contribution in [0.1, 0.15) is 36.6 Å². The number of carbonyl (C=O) groups excluding carboxylic acids is 2. The summed E-state index contributed by atoms with van der Waals surface area (Å²) in [5.74, 6) is -1.14. The van der Waals surface area contributed by atoms with Crippen LogP contribution >= 0.6 is 0 Å². The molecule has 0 saturated carbocycles. The molecule has 0 atom stereocenters. The van der Waals surface area contributed by atoms with E-state index in [1.165, 1.54) is 20.3 Å². The molecule has 0 spiro atoms. The topological polar surface area (TPSA) is 68.4 Å². The first-order chi connectivity index (χ1) is 11.5. The number of H-pyrrole nitrogens is 1. The molecule has 0 aliphatic heterocycles. The van der Waals surface area contributed by atoms with Crippen molar-refractivity contribution in [3.63, 3.8) is 0 Å². The van der Waals surface area contributed by atoms with Gasteiger partial charge in [-0.15, -0.1) is 0 Å². The van der Waals surface area contributed by atoms with E-state index >= 15 is 0 Å². The summed E-state index contributed by atoms with van der Waals surface area (Å²) in [6.45, 7) is 4.10. The van der Waals surface area contributed by atoms with Gasteiger partial charge in [-0.3, -0.25) is 0 Å². The number of aromatic nitrogens is 1. The molecule has 0 saturated heterocycles. The van der Waals surface area contributed by atoms with Gasteiger partial charge in [0.1, 0.15) is 0 Å². The smallest absolute Gasteiger partial charge is 0.338 e. The molecule has 0 fully saturated rings. The van der Waals surface area contributed by atoms with Gasteiger partial charge in [0.15, 0.2) is 0 Å². The summed E-state index contributed by atoms with van der Waals surface area (Å²) in [7, 11) is 2.59. The highest BCUT2D eigenvalue weighted by Crippen LogP contribution is 2.31. The largest absolute Gasteiger partial charge is 0.466 e. The van der Waals surface area contributed by atoms with Crippen molar-refractivity contribution < 1.29 is 19.1 Å². The molecule has 0 amide bonds. The molecule has 128 valence electrons. The summed E-state index contributed by atoms with van der Waals surface area (Å²) in [5, 5.41) is 0.904. The highest BCUT2D eigenvalue weighted by Gasteiger charge is 2.22. The van der Waals surface area contributed by atoms with Crippen molar-refractivity contribution in [1.29, 1.82) is 0 Å². The second-order valence-corrected chi connectivity index (χ2v) is 5.70. The summed E-state index contributed by atoms with van der Waals surface area (Å²) in [6, 6.07) is 6.00. The van der Waals surface area contributed by atoms with Crippen molar-refractivity contribution in [2.24, 2.45) is 0 Å². The number of aromatic amines is 1. The molecule has 1 aromatic carbocycles. The summed E-state index contributed by atoms with van der Waals surface area (Å²) >= 11 is 0. The maximum Gasteiger partial charge on any atom is 0.338 e. The molecule has 0 unspecified atom stereocenters. The van der Waals surface area contributed by atoms with Crippen LogP contribution in [0.15, 0.2) is 24.3 Å². The molecule has 2 aromatic rings. The lowest BCUT2D eigenvalue weighted by atomic mass is 9.98. The first kappa shape index (κ1) is 17.8. The third kappa shape index (κ3) is 3.67. The normalized spacial score (nSPS) is 11.6. The molecule has 2 rings (SSSR count). The molecule has 5 nitrogen and oxygen atoms in total. The fraction of sp³-hybridized carbons (Fsp3) is 0.368. The Balaban J connectivity index is 2.72. The Bertz CT molecular complexity index is 786. The second kappa shape index (κ2) is 7.81. The Morgan fingerprint density at radius 1 is 1.21 bits per heavy atom. The van der Waals surface area contributed by atoms with Crippen LogP contribution in [0.5, 0.6) is 0 Å². The van der Waals surface area contributed by atoms with Gasteiger partial charge in [0.2, 0.25) is 0 Å². The second-order valence-electron chi connectivity index (χ2n) is 5.70. The Morgan fingerprint density at radius 3 is 2.58 bits per heavy atom. The average molecular weight is 329 g/mol. The molecule has 0 aliphatic carbocycles. The number of hydrogen-bond donors (Lipinski definition) is 1. The van der Waals surface area contributed by atoms with Gasteiger partial charge in [-0.2, -0.15) is 0 Å². The quantitative estimate of drug-likeness (QED) is 0.650. The number of methoxy groups -OCH3 is 2. The molecule has 1 N–H and O–H groups in total. The van der Waals surface area contributed by atoms with E-state index in [1.54, 1.807) is 0 Å². The van der Waals surface area contributed by atoms with Crippen LogP contribution in [-0.4, -0.2) is 31.1 Å². The van der Waals surface area contributed by atoms with Gasteiger partial charge in [-0.25, -0.2) is 9.59 Å². The first-order valence-corrected chi connectivity index (χ1v) is 8.01. The number of benzene rings is 1. The van der Waals surface area contributed by atoms with Crippen LogP contribution in [0, 0.1) is 6.92 Å². The lowest BCUT2D eigenvalue weighted by Crippen LogP contribution is -2.09. The number of esters is 2. The van der Waals surface area contributed by atoms with Crippen molar-refractivity contribution in [3.8, 4) is 0 Å². The number of ether oxygens (including phenoxy) is 2. The zero-order chi connectivity index (χ0) is 17.7. The fourth-order valence-electron chi connectivity index (χ4n) is 2.73. The van der Waals surface area contributed by atoms with E-state index in [0.29, 0.717) is 0 Å². The van der Waals surface area contributed by atoms with E-state index in [1.807, 2.05) is 25.1 Å². The highest BCUT2D eigenvalue weighted by atomic mass is 16.5. The van der Waals surface area contributed by atoms with Crippen LogP contribution in [-0.2, 0) is 25.5 Å². The van der Waals surface area contributed by atoms with Gasteiger partial charge >= 0.3 is 11.9 Å². The number of nitrogens with one attached hydrogen (secondary N) is 1. The van der Waals surface area contributed by atoms with Crippen molar-refractivity contribution in [1.82, 2.24) is 4.98 Å². The van der Waals surface area contributed by atoms with E-state index in [0.717, 1.165) is 47.0 Å². The van der Waals surface area contributed by atoms with Crippen molar-refractivity contribution in [2.45, 2.75) is 33.1 Å². The maximum absolute atomic E-state index is 12.3. The van der Waals surface area contributed by atoms with Crippen LogP contribution in [0.4, 0.5) is 0 Å². The Morgan fingerprint density at radius 2 is 1.96 bits per heavy atom. The standard InChI is InChI=1S/C19H23NO4/c1-5-6-7-16-18(13-10-12(2)8-9-15(13)20-16)14(19(22)24-4)11-17(21)23-3/h8-11,20H,5-7H2,1-4H3/b14-11-. The van der Waals surface area contributed by atoms with Gasteiger partial charge in [-0.05, 0) is 31.9 Å². The van der Waals surface area contributed by atoms with Gasteiger partial charge in [-0.1, -0.05) is 25.0 Å². The number of fused-ring (bicyclic) bond motifs is 1. The van der Waals surface area contributed by atoms with E-state index in [-0.39, 0.29) is 5.57 Å². The third-order valence-electron chi connectivity index (χ3n) is 3.95. The summed E-state index contributed by atoms with van der Waals surface area (Å²) in [5.41, 5.74) is 3.87. The van der Waals surface area contributed by atoms with Crippen LogP contribution in [0.2, 0.25) is 0 Å². The molecule has 0 radical (unpaired) electrons. The van der Waals surface area contributed by atoms with E-state index in [2.05, 4.69) is 11.9 Å². The first-order valence-electron chi connectivity index (χ1n) is 8.01. The number of rotatable bonds is 6. The van der Waals surface area contributed by atoms with Gasteiger partial charge in [0.25, 0.3) is 0 Å². The maximum atomic E-state index is 12.3. The van der Waals surface area contributed by atoms with Gasteiger partial charge < -0.3 is 14.5 Å². The number of unbranched alkanes of at least 4 members (excludes halogenated alkanes) is 1. The molecule has 1 heterocycles. The summed E-state index contributed by atoms with van der Waals surface area (Å²) < 4.78 is 9.59.